The molecule has 0 radical (unpaired) electrons. The number of carboxylic acid groups (broad SMARTS) is 1. The van der Waals surface area contributed by atoms with Crippen molar-refractivity contribution in [3.05, 3.63) is 57.3 Å². The van der Waals surface area contributed by atoms with E-state index in [1.54, 1.807) is 17.4 Å². The molecule has 1 aliphatic rings. The Kier molecular flexibility index (Phi) is 3.74. The van der Waals surface area contributed by atoms with Crippen LogP contribution >= 0.6 is 11.3 Å². The fraction of sp³-hybridized carbons (Fsp3) is 0.250. The minimum absolute atomic E-state index is 0.543. The molecule has 0 saturated carbocycles. The van der Waals surface area contributed by atoms with E-state index in [0.29, 0.717) is 12.1 Å². The third-order valence-corrected chi connectivity index (χ3v) is 4.74. The molecule has 1 atom stereocenters. The number of rotatable bonds is 3. The van der Waals surface area contributed by atoms with Gasteiger partial charge in [0.1, 0.15) is 6.04 Å². The van der Waals surface area contributed by atoms with Gasteiger partial charge < -0.3 is 5.11 Å². The van der Waals surface area contributed by atoms with Crippen molar-refractivity contribution in [1.29, 1.82) is 5.26 Å². The van der Waals surface area contributed by atoms with Gasteiger partial charge in [-0.3, -0.25) is 9.69 Å². The topological polar surface area (TPSA) is 64.3 Å². The maximum absolute atomic E-state index is 11.6. The molecular formula is C16H14N2O2S. The summed E-state index contributed by atoms with van der Waals surface area (Å²) in [7, 11) is 0. The fourth-order valence-corrected chi connectivity index (χ4v) is 3.71. The maximum Gasteiger partial charge on any atom is 0.325 e. The Bertz CT molecular complexity index is 717. The van der Waals surface area contributed by atoms with Gasteiger partial charge in [0.2, 0.25) is 0 Å². The predicted octanol–water partition coefficient (Wildman–Crippen LogP) is 2.80. The molecule has 0 fully saturated rings. The Morgan fingerprint density at radius 1 is 1.48 bits per heavy atom. The molecule has 0 spiro atoms. The summed E-state index contributed by atoms with van der Waals surface area (Å²) < 4.78 is 0. The second-order valence-corrected chi connectivity index (χ2v) is 6.07. The lowest BCUT2D eigenvalue weighted by atomic mass is 9.99. The molecule has 2 aromatic rings. The molecular weight excluding hydrogens is 284 g/mol. The lowest BCUT2D eigenvalue weighted by Crippen LogP contribution is -2.38. The Morgan fingerprint density at radius 3 is 3.10 bits per heavy atom. The number of benzene rings is 1. The van der Waals surface area contributed by atoms with Gasteiger partial charge in [-0.1, -0.05) is 12.1 Å². The zero-order valence-corrected chi connectivity index (χ0v) is 12.1. The van der Waals surface area contributed by atoms with Gasteiger partial charge in [-0.05, 0) is 41.1 Å². The van der Waals surface area contributed by atoms with Crippen molar-refractivity contribution in [2.24, 2.45) is 0 Å². The van der Waals surface area contributed by atoms with Gasteiger partial charge in [0, 0.05) is 18.0 Å². The highest BCUT2D eigenvalue weighted by molar-refractivity contribution is 7.10. The van der Waals surface area contributed by atoms with Crippen LogP contribution in [0.1, 0.15) is 27.6 Å². The second-order valence-electron chi connectivity index (χ2n) is 5.07. The number of fused-ring (bicyclic) bond motifs is 1. The van der Waals surface area contributed by atoms with Crippen LogP contribution in [0.2, 0.25) is 0 Å². The molecule has 0 saturated heterocycles. The van der Waals surface area contributed by atoms with E-state index >= 15 is 0 Å². The van der Waals surface area contributed by atoms with Crippen molar-refractivity contribution < 1.29 is 9.90 Å². The fourth-order valence-electron chi connectivity index (χ4n) is 2.80. The van der Waals surface area contributed by atoms with Crippen molar-refractivity contribution in [3.8, 4) is 6.07 Å². The zero-order chi connectivity index (χ0) is 14.8. The number of carboxylic acids is 1. The summed E-state index contributed by atoms with van der Waals surface area (Å²) in [6.45, 7) is 1.27. The summed E-state index contributed by atoms with van der Waals surface area (Å²) in [5.74, 6) is -0.814. The lowest BCUT2D eigenvalue weighted by Gasteiger charge is -2.33. The summed E-state index contributed by atoms with van der Waals surface area (Å²) in [6, 6.07) is 10.8. The molecule has 1 unspecified atom stereocenters. The van der Waals surface area contributed by atoms with E-state index in [9.17, 15) is 9.90 Å². The Morgan fingerprint density at radius 2 is 2.33 bits per heavy atom. The molecule has 4 nitrogen and oxygen atoms in total. The van der Waals surface area contributed by atoms with Crippen LogP contribution in [0.15, 0.2) is 35.7 Å². The number of nitrogens with zero attached hydrogens (tertiary/aromatic N) is 2. The number of hydrogen-bond acceptors (Lipinski definition) is 4. The van der Waals surface area contributed by atoms with E-state index in [2.05, 4.69) is 6.07 Å². The summed E-state index contributed by atoms with van der Waals surface area (Å²) in [6.07, 6.45) is 0.884. The van der Waals surface area contributed by atoms with E-state index in [4.69, 9.17) is 5.26 Å². The first-order chi connectivity index (χ1) is 10.2. The number of nitriles is 1. The van der Waals surface area contributed by atoms with Gasteiger partial charge in [0.25, 0.3) is 0 Å². The molecule has 0 bridgehead atoms. The molecule has 1 aromatic heterocycles. The molecule has 2 heterocycles. The lowest BCUT2D eigenvalue weighted by molar-refractivity contribution is -0.144. The number of carbonyl (C=O) groups is 1. The van der Waals surface area contributed by atoms with E-state index in [0.717, 1.165) is 24.1 Å². The van der Waals surface area contributed by atoms with Crippen LogP contribution in [-0.4, -0.2) is 22.5 Å². The van der Waals surface area contributed by atoms with Gasteiger partial charge in [-0.15, -0.1) is 11.3 Å². The van der Waals surface area contributed by atoms with E-state index in [1.165, 1.54) is 4.88 Å². The first-order valence-corrected chi connectivity index (χ1v) is 7.59. The van der Waals surface area contributed by atoms with Crippen LogP contribution in [0.25, 0.3) is 0 Å². The summed E-state index contributed by atoms with van der Waals surface area (Å²) >= 11 is 1.63. The highest BCUT2D eigenvalue weighted by atomic mass is 32.1. The molecule has 0 aliphatic carbocycles. The van der Waals surface area contributed by atoms with Gasteiger partial charge in [-0.2, -0.15) is 5.26 Å². The van der Waals surface area contributed by atoms with Gasteiger partial charge in [0.15, 0.2) is 0 Å². The van der Waals surface area contributed by atoms with Crippen molar-refractivity contribution in [1.82, 2.24) is 4.90 Å². The van der Waals surface area contributed by atoms with Crippen LogP contribution in [0.3, 0.4) is 0 Å². The summed E-state index contributed by atoms with van der Waals surface area (Å²) in [5.41, 5.74) is 2.49. The van der Waals surface area contributed by atoms with Crippen LogP contribution in [0, 0.1) is 11.3 Å². The zero-order valence-electron chi connectivity index (χ0n) is 11.3. The third kappa shape index (κ3) is 2.68. The van der Waals surface area contributed by atoms with Gasteiger partial charge in [0.05, 0.1) is 11.6 Å². The van der Waals surface area contributed by atoms with E-state index in [1.807, 2.05) is 34.5 Å². The molecule has 1 aromatic carbocycles. The smallest absolute Gasteiger partial charge is 0.325 e. The highest BCUT2D eigenvalue weighted by Gasteiger charge is 2.33. The average molecular weight is 298 g/mol. The third-order valence-electron chi connectivity index (χ3n) is 3.74. The molecule has 21 heavy (non-hydrogen) atoms. The predicted molar refractivity (Wildman–Crippen MR) is 80.0 cm³/mol. The van der Waals surface area contributed by atoms with Gasteiger partial charge >= 0.3 is 5.97 Å². The minimum atomic E-state index is -0.814. The van der Waals surface area contributed by atoms with Crippen molar-refractivity contribution in [3.63, 3.8) is 0 Å². The minimum Gasteiger partial charge on any atom is -0.480 e. The molecule has 0 amide bonds. The van der Waals surface area contributed by atoms with E-state index in [-0.39, 0.29) is 0 Å². The Balaban J connectivity index is 1.88. The average Bonchev–Trinajstić information content (AvgIpc) is 2.95. The Labute approximate surface area is 126 Å². The quantitative estimate of drug-likeness (QED) is 0.946. The SMILES string of the molecule is N#Cc1cccc(CN2CCc3sccc3C2C(=O)O)c1. The first-order valence-electron chi connectivity index (χ1n) is 6.71. The first kappa shape index (κ1) is 13.8. The Hall–Kier alpha value is -2.16. The van der Waals surface area contributed by atoms with E-state index < -0.39 is 12.0 Å². The van der Waals surface area contributed by atoms with Crippen LogP contribution in [0.4, 0.5) is 0 Å². The largest absolute Gasteiger partial charge is 0.480 e. The molecule has 5 heteroatoms. The normalized spacial score (nSPS) is 18.0. The van der Waals surface area contributed by atoms with Crippen LogP contribution in [-0.2, 0) is 17.8 Å². The van der Waals surface area contributed by atoms with Gasteiger partial charge in [-0.25, -0.2) is 0 Å². The van der Waals surface area contributed by atoms with Crippen molar-refractivity contribution in [2.45, 2.75) is 19.0 Å². The van der Waals surface area contributed by atoms with Crippen LogP contribution in [0.5, 0.6) is 0 Å². The second kappa shape index (κ2) is 5.68. The number of thiophene rings is 1. The molecule has 106 valence electrons. The maximum atomic E-state index is 11.6. The summed E-state index contributed by atoms with van der Waals surface area (Å²) in [5, 5.41) is 20.5. The number of hydrogen-bond donors (Lipinski definition) is 1. The van der Waals surface area contributed by atoms with Crippen molar-refractivity contribution in [2.75, 3.05) is 6.54 Å². The highest BCUT2D eigenvalue weighted by Crippen LogP contribution is 2.34. The molecule has 1 N–H and O–H groups in total. The summed E-state index contributed by atoms with van der Waals surface area (Å²) in [4.78, 5) is 14.8. The molecule has 1 aliphatic heterocycles. The van der Waals surface area contributed by atoms with Crippen molar-refractivity contribution >= 4 is 17.3 Å². The monoisotopic (exact) mass is 298 g/mol. The number of aliphatic carboxylic acids is 1. The van der Waals surface area contributed by atoms with Crippen LogP contribution < -0.4 is 0 Å². The molecule has 3 rings (SSSR count). The standard InChI is InChI=1S/C16H14N2O2S/c17-9-11-2-1-3-12(8-11)10-18-6-4-14-13(5-7-21-14)15(18)16(19)20/h1-3,5,7-8,15H,4,6,10H2,(H,19,20).